The quantitative estimate of drug-likeness (QED) is 0.668. The molecule has 6 heteroatoms. The molecular weight excluding hydrogens is 196 g/mol. The van der Waals surface area contributed by atoms with Gasteiger partial charge in [0.1, 0.15) is 11.6 Å². The summed E-state index contributed by atoms with van der Waals surface area (Å²) in [6.45, 7) is 1.87. The van der Waals surface area contributed by atoms with Crippen LogP contribution in [0.15, 0.2) is 12.4 Å². The third kappa shape index (κ3) is 2.16. The molecule has 1 aromatic heterocycles. The van der Waals surface area contributed by atoms with Crippen molar-refractivity contribution in [2.45, 2.75) is 6.04 Å². The van der Waals surface area contributed by atoms with E-state index in [9.17, 15) is 5.11 Å². The molecule has 6 nitrogen and oxygen atoms in total. The van der Waals surface area contributed by atoms with Crippen molar-refractivity contribution in [3.05, 3.63) is 12.4 Å². The first-order chi connectivity index (χ1) is 7.31. The molecule has 0 aromatic carbocycles. The average Bonchev–Trinajstić information content (AvgIpc) is 2.29. The van der Waals surface area contributed by atoms with Gasteiger partial charge < -0.3 is 20.5 Å². The molecule has 82 valence electrons. The van der Waals surface area contributed by atoms with Gasteiger partial charge in [-0.25, -0.2) is 4.98 Å². The van der Waals surface area contributed by atoms with E-state index in [1.807, 2.05) is 4.90 Å². The number of aliphatic hydroxyl groups is 1. The molecule has 1 atom stereocenters. The van der Waals surface area contributed by atoms with Gasteiger partial charge in [0.15, 0.2) is 0 Å². The lowest BCUT2D eigenvalue weighted by atomic mass is 10.2. The number of nitrogens with zero attached hydrogens (tertiary/aromatic N) is 3. The Hall–Kier alpha value is -1.40. The highest BCUT2D eigenvalue weighted by Crippen LogP contribution is 2.16. The van der Waals surface area contributed by atoms with E-state index in [2.05, 4.69) is 9.97 Å². The maximum Gasteiger partial charge on any atom is 0.150 e. The van der Waals surface area contributed by atoms with E-state index >= 15 is 0 Å². The van der Waals surface area contributed by atoms with Gasteiger partial charge in [-0.15, -0.1) is 0 Å². The van der Waals surface area contributed by atoms with E-state index < -0.39 is 0 Å². The van der Waals surface area contributed by atoms with Crippen LogP contribution >= 0.6 is 0 Å². The summed E-state index contributed by atoms with van der Waals surface area (Å²) in [4.78, 5) is 10.1. The molecule has 1 fully saturated rings. The number of aromatic nitrogens is 2. The van der Waals surface area contributed by atoms with Gasteiger partial charge in [-0.2, -0.15) is 0 Å². The van der Waals surface area contributed by atoms with Gasteiger partial charge >= 0.3 is 0 Å². The Morgan fingerprint density at radius 1 is 1.60 bits per heavy atom. The molecule has 1 aromatic rings. The molecule has 0 saturated carbocycles. The van der Waals surface area contributed by atoms with E-state index in [-0.39, 0.29) is 12.6 Å². The van der Waals surface area contributed by atoms with Crippen molar-refractivity contribution in [2.24, 2.45) is 0 Å². The minimum absolute atomic E-state index is 0.0382. The Morgan fingerprint density at radius 3 is 3.20 bits per heavy atom. The molecule has 0 spiro atoms. The van der Waals surface area contributed by atoms with Crippen LogP contribution in [-0.2, 0) is 4.74 Å². The number of nitrogens with two attached hydrogens (primary N) is 1. The summed E-state index contributed by atoms with van der Waals surface area (Å²) in [5.74, 6) is 1.08. The van der Waals surface area contributed by atoms with E-state index in [0.717, 1.165) is 0 Å². The molecule has 3 N–H and O–H groups in total. The zero-order valence-corrected chi connectivity index (χ0v) is 8.33. The fraction of sp³-hybridized carbons (Fsp3) is 0.556. The number of hydrogen-bond donors (Lipinski definition) is 2. The molecule has 15 heavy (non-hydrogen) atoms. The molecule has 1 aliphatic heterocycles. The topological polar surface area (TPSA) is 84.5 Å². The van der Waals surface area contributed by atoms with Crippen molar-refractivity contribution in [3.8, 4) is 0 Å². The predicted octanol–water partition coefficient (Wildman–Crippen LogP) is -0.744. The Balaban J connectivity index is 2.20. The molecule has 1 aliphatic rings. The molecule has 0 aliphatic carbocycles. The smallest absolute Gasteiger partial charge is 0.150 e. The van der Waals surface area contributed by atoms with Crippen molar-refractivity contribution in [3.63, 3.8) is 0 Å². The first-order valence-corrected chi connectivity index (χ1v) is 4.84. The fourth-order valence-corrected chi connectivity index (χ4v) is 1.62. The zero-order valence-electron chi connectivity index (χ0n) is 8.33. The van der Waals surface area contributed by atoms with Crippen LogP contribution in [0.3, 0.4) is 0 Å². The minimum Gasteiger partial charge on any atom is -0.394 e. The zero-order chi connectivity index (χ0) is 10.7. The van der Waals surface area contributed by atoms with E-state index in [4.69, 9.17) is 10.5 Å². The number of aliphatic hydroxyl groups excluding tert-OH is 1. The number of ether oxygens (including phenoxy) is 1. The Kier molecular flexibility index (Phi) is 2.98. The average molecular weight is 210 g/mol. The minimum atomic E-state index is -0.0603. The number of rotatable bonds is 2. The van der Waals surface area contributed by atoms with Crippen molar-refractivity contribution in [1.29, 1.82) is 0 Å². The van der Waals surface area contributed by atoms with Crippen molar-refractivity contribution in [2.75, 3.05) is 37.0 Å². The summed E-state index contributed by atoms with van der Waals surface area (Å²) >= 11 is 0. The number of morpholine rings is 1. The molecule has 1 unspecified atom stereocenters. The molecule has 1 saturated heterocycles. The van der Waals surface area contributed by atoms with Crippen LogP contribution in [0.2, 0.25) is 0 Å². The van der Waals surface area contributed by atoms with Gasteiger partial charge in [-0.05, 0) is 0 Å². The van der Waals surface area contributed by atoms with Crippen molar-refractivity contribution >= 4 is 11.6 Å². The fourth-order valence-electron chi connectivity index (χ4n) is 1.62. The summed E-state index contributed by atoms with van der Waals surface area (Å²) in [6, 6.07) is -0.0603. The first-order valence-electron chi connectivity index (χ1n) is 4.84. The van der Waals surface area contributed by atoms with Crippen molar-refractivity contribution in [1.82, 2.24) is 9.97 Å². The third-order valence-corrected chi connectivity index (χ3v) is 2.37. The van der Waals surface area contributed by atoms with Crippen LogP contribution in [0, 0.1) is 0 Å². The van der Waals surface area contributed by atoms with E-state index in [1.165, 1.54) is 6.20 Å². The van der Waals surface area contributed by atoms with Gasteiger partial charge in [0.2, 0.25) is 0 Å². The Labute approximate surface area is 87.7 Å². The monoisotopic (exact) mass is 210 g/mol. The predicted molar refractivity (Wildman–Crippen MR) is 55.5 cm³/mol. The second-order valence-corrected chi connectivity index (χ2v) is 3.41. The highest BCUT2D eigenvalue weighted by atomic mass is 16.5. The standard InChI is InChI=1S/C9H14N4O2/c10-8-3-11-4-9(12-8)13-1-2-15-6-7(13)5-14/h3-4,7,14H,1-2,5-6H2,(H2,10,12). The lowest BCUT2D eigenvalue weighted by Crippen LogP contribution is -2.48. The molecular formula is C9H14N4O2. The largest absolute Gasteiger partial charge is 0.394 e. The third-order valence-electron chi connectivity index (χ3n) is 2.37. The molecule has 0 amide bonds. The summed E-state index contributed by atoms with van der Waals surface area (Å²) < 4.78 is 5.27. The van der Waals surface area contributed by atoms with Gasteiger partial charge in [0.25, 0.3) is 0 Å². The van der Waals surface area contributed by atoms with Crippen molar-refractivity contribution < 1.29 is 9.84 Å². The molecule has 0 bridgehead atoms. The SMILES string of the molecule is Nc1cncc(N2CCOCC2CO)n1. The number of anilines is 2. The molecule has 0 radical (unpaired) electrons. The van der Waals surface area contributed by atoms with Crippen LogP contribution in [-0.4, -0.2) is 47.5 Å². The normalized spacial score (nSPS) is 21.7. The summed E-state index contributed by atoms with van der Waals surface area (Å²) in [5, 5.41) is 9.19. The highest BCUT2D eigenvalue weighted by Gasteiger charge is 2.23. The summed E-state index contributed by atoms with van der Waals surface area (Å²) in [7, 11) is 0. The van der Waals surface area contributed by atoms with Gasteiger partial charge in [-0.3, -0.25) is 4.98 Å². The van der Waals surface area contributed by atoms with Crippen LogP contribution in [0.4, 0.5) is 11.6 Å². The molecule has 2 heterocycles. The second-order valence-electron chi connectivity index (χ2n) is 3.41. The van der Waals surface area contributed by atoms with Gasteiger partial charge in [0, 0.05) is 6.54 Å². The maximum atomic E-state index is 9.19. The van der Waals surface area contributed by atoms with E-state index in [1.54, 1.807) is 6.20 Å². The van der Waals surface area contributed by atoms with E-state index in [0.29, 0.717) is 31.4 Å². The van der Waals surface area contributed by atoms with Gasteiger partial charge in [0.05, 0.1) is 38.3 Å². The number of nitrogen functional groups attached to an aromatic ring is 1. The Bertz CT molecular complexity index is 334. The number of hydrogen-bond acceptors (Lipinski definition) is 6. The van der Waals surface area contributed by atoms with Crippen LogP contribution in [0.25, 0.3) is 0 Å². The lowest BCUT2D eigenvalue weighted by Gasteiger charge is -2.35. The van der Waals surface area contributed by atoms with Crippen LogP contribution in [0.1, 0.15) is 0 Å². The van der Waals surface area contributed by atoms with Gasteiger partial charge in [-0.1, -0.05) is 0 Å². The first kappa shape index (κ1) is 10.1. The second kappa shape index (κ2) is 4.41. The Morgan fingerprint density at radius 2 is 2.47 bits per heavy atom. The molecule has 2 rings (SSSR count). The van der Waals surface area contributed by atoms with Crippen LogP contribution < -0.4 is 10.6 Å². The lowest BCUT2D eigenvalue weighted by molar-refractivity contribution is 0.0722. The van der Waals surface area contributed by atoms with Crippen LogP contribution in [0.5, 0.6) is 0 Å². The highest BCUT2D eigenvalue weighted by molar-refractivity contribution is 5.42. The maximum absolute atomic E-state index is 9.19. The summed E-state index contributed by atoms with van der Waals surface area (Å²) in [6.07, 6.45) is 3.14. The summed E-state index contributed by atoms with van der Waals surface area (Å²) in [5.41, 5.74) is 5.56.